The van der Waals surface area contributed by atoms with Crippen molar-refractivity contribution in [3.05, 3.63) is 0 Å². The molecule has 0 atom stereocenters. The van der Waals surface area contributed by atoms with Crippen molar-refractivity contribution in [1.29, 1.82) is 0 Å². The molecule has 1 N–H and O–H groups in total. The third-order valence-corrected chi connectivity index (χ3v) is 5.25. The number of hydrogen-bond donors (Lipinski definition) is 1. The number of nitrogens with zero attached hydrogens (tertiary/aromatic N) is 1. The van der Waals surface area contributed by atoms with Crippen molar-refractivity contribution >= 4 is 0 Å². The van der Waals surface area contributed by atoms with Gasteiger partial charge in [0.05, 0.1) is 19.8 Å². The number of ether oxygens (including phenoxy) is 1. The number of aliphatic hydroxyl groups excluding tert-OH is 1. The Bertz CT molecular complexity index is 248. The molecule has 26 heavy (non-hydrogen) atoms. The Morgan fingerprint density at radius 2 is 1.00 bits per heavy atom. The molecule has 0 aliphatic carbocycles. The maximum atomic E-state index is 8.65. The van der Waals surface area contributed by atoms with Crippen LogP contribution in [0.5, 0.6) is 0 Å². The van der Waals surface area contributed by atoms with Crippen LogP contribution in [0.3, 0.4) is 0 Å². The molecule has 0 spiro atoms. The van der Waals surface area contributed by atoms with Gasteiger partial charge in [0.1, 0.15) is 0 Å². The molecule has 0 bridgehead atoms. The molecule has 0 rings (SSSR count). The smallest absolute Gasteiger partial charge is 0.0698 e. The highest BCUT2D eigenvalue weighted by atomic mass is 16.5. The second kappa shape index (κ2) is 22.9. The van der Waals surface area contributed by atoms with E-state index in [0.717, 1.165) is 13.2 Å². The van der Waals surface area contributed by atoms with Gasteiger partial charge in [-0.1, -0.05) is 103 Å². The molecule has 0 aromatic heterocycles. The third-order valence-electron chi connectivity index (χ3n) is 5.25. The topological polar surface area (TPSA) is 32.7 Å². The maximum Gasteiger partial charge on any atom is 0.0698 e. The van der Waals surface area contributed by atoms with Gasteiger partial charge in [-0.25, -0.2) is 0 Å². The lowest BCUT2D eigenvalue weighted by Gasteiger charge is -2.16. The fraction of sp³-hybridized carbons (Fsp3) is 1.00. The van der Waals surface area contributed by atoms with Crippen molar-refractivity contribution < 1.29 is 9.84 Å². The molecule has 0 aromatic carbocycles. The molecule has 0 heterocycles. The van der Waals surface area contributed by atoms with Gasteiger partial charge in [0.25, 0.3) is 0 Å². The van der Waals surface area contributed by atoms with Crippen molar-refractivity contribution in [3.8, 4) is 0 Å². The van der Waals surface area contributed by atoms with Gasteiger partial charge in [-0.15, -0.1) is 0 Å². The maximum absolute atomic E-state index is 8.65. The van der Waals surface area contributed by atoms with E-state index in [-0.39, 0.29) is 6.61 Å². The van der Waals surface area contributed by atoms with E-state index in [1.54, 1.807) is 0 Å². The first-order valence-electron chi connectivity index (χ1n) is 11.7. The largest absolute Gasteiger partial charge is 0.394 e. The van der Waals surface area contributed by atoms with Crippen molar-refractivity contribution in [3.63, 3.8) is 0 Å². The second-order valence-electron chi connectivity index (χ2n) is 7.94. The van der Waals surface area contributed by atoms with E-state index in [2.05, 4.69) is 18.9 Å². The molecular formula is C23H49NO2. The fourth-order valence-corrected chi connectivity index (χ4v) is 3.43. The van der Waals surface area contributed by atoms with Gasteiger partial charge in [-0.3, -0.25) is 0 Å². The van der Waals surface area contributed by atoms with E-state index in [9.17, 15) is 0 Å². The Morgan fingerprint density at radius 3 is 1.42 bits per heavy atom. The SMILES string of the molecule is CCCCCCCCCCCCCCCCCCN(C)CCOCCO. The third kappa shape index (κ3) is 21.9. The van der Waals surface area contributed by atoms with E-state index < -0.39 is 0 Å². The molecule has 0 radical (unpaired) electrons. The van der Waals surface area contributed by atoms with E-state index in [4.69, 9.17) is 9.84 Å². The molecule has 158 valence electrons. The number of aliphatic hydroxyl groups is 1. The van der Waals surface area contributed by atoms with Gasteiger partial charge in [0.2, 0.25) is 0 Å². The number of hydrogen-bond acceptors (Lipinski definition) is 3. The normalized spacial score (nSPS) is 11.5. The molecule has 0 amide bonds. The molecule has 3 heteroatoms. The quantitative estimate of drug-likeness (QED) is 0.230. The minimum Gasteiger partial charge on any atom is -0.394 e. The standard InChI is InChI=1S/C23H49NO2/c1-3-4-5-6-7-8-9-10-11-12-13-14-15-16-17-18-19-24(2)20-22-26-23-21-25/h25H,3-23H2,1-2H3. The number of unbranched alkanes of at least 4 members (excludes halogenated alkanes) is 15. The van der Waals surface area contributed by atoms with Gasteiger partial charge in [0, 0.05) is 6.54 Å². The van der Waals surface area contributed by atoms with Crippen LogP contribution in [0.2, 0.25) is 0 Å². The van der Waals surface area contributed by atoms with Crippen LogP contribution in [-0.2, 0) is 4.74 Å². The summed E-state index contributed by atoms with van der Waals surface area (Å²) in [5, 5.41) is 8.65. The Morgan fingerprint density at radius 1 is 0.577 bits per heavy atom. The Kier molecular flexibility index (Phi) is 22.8. The van der Waals surface area contributed by atoms with E-state index in [1.807, 2.05) is 0 Å². The molecule has 0 saturated heterocycles. The first-order valence-corrected chi connectivity index (χ1v) is 11.7. The lowest BCUT2D eigenvalue weighted by atomic mass is 10.0. The van der Waals surface area contributed by atoms with Gasteiger partial charge < -0.3 is 14.7 Å². The minimum atomic E-state index is 0.128. The van der Waals surface area contributed by atoms with Crippen LogP contribution in [0.25, 0.3) is 0 Å². The summed E-state index contributed by atoms with van der Waals surface area (Å²) in [7, 11) is 2.16. The van der Waals surface area contributed by atoms with Gasteiger partial charge >= 0.3 is 0 Å². The van der Waals surface area contributed by atoms with Crippen LogP contribution in [0.1, 0.15) is 110 Å². The van der Waals surface area contributed by atoms with Gasteiger partial charge in [0.15, 0.2) is 0 Å². The average molecular weight is 372 g/mol. The van der Waals surface area contributed by atoms with Crippen molar-refractivity contribution in [2.75, 3.05) is 40.0 Å². The molecule has 0 aromatic rings. The van der Waals surface area contributed by atoms with Gasteiger partial charge in [-0.05, 0) is 20.0 Å². The second-order valence-corrected chi connectivity index (χ2v) is 7.94. The summed E-state index contributed by atoms with van der Waals surface area (Å²) < 4.78 is 5.29. The van der Waals surface area contributed by atoms with Crippen molar-refractivity contribution in [2.45, 2.75) is 110 Å². The highest BCUT2D eigenvalue weighted by Crippen LogP contribution is 2.13. The zero-order valence-corrected chi connectivity index (χ0v) is 18.2. The zero-order valence-electron chi connectivity index (χ0n) is 18.2. The summed E-state index contributed by atoms with van der Waals surface area (Å²) in [4.78, 5) is 2.33. The summed E-state index contributed by atoms with van der Waals surface area (Å²) in [6.07, 6.45) is 22.8. The monoisotopic (exact) mass is 371 g/mol. The summed E-state index contributed by atoms with van der Waals surface area (Å²) in [5.74, 6) is 0. The first-order chi connectivity index (χ1) is 12.8. The Balaban J connectivity index is 3.06. The summed E-state index contributed by atoms with van der Waals surface area (Å²) in [6, 6.07) is 0. The molecule has 0 aliphatic heterocycles. The first kappa shape index (κ1) is 25.9. The highest BCUT2D eigenvalue weighted by Gasteiger charge is 1.99. The van der Waals surface area contributed by atoms with Crippen LogP contribution in [0, 0.1) is 0 Å². The lowest BCUT2D eigenvalue weighted by molar-refractivity contribution is 0.0781. The van der Waals surface area contributed by atoms with Crippen LogP contribution >= 0.6 is 0 Å². The van der Waals surface area contributed by atoms with Crippen molar-refractivity contribution in [2.24, 2.45) is 0 Å². The van der Waals surface area contributed by atoms with Gasteiger partial charge in [-0.2, -0.15) is 0 Å². The van der Waals surface area contributed by atoms with Crippen LogP contribution in [0.4, 0.5) is 0 Å². The summed E-state index contributed by atoms with van der Waals surface area (Å²) in [6.45, 7) is 5.75. The number of rotatable bonds is 22. The predicted octanol–water partition coefficient (Wildman–Crippen LogP) is 6.19. The Hall–Kier alpha value is -0.120. The van der Waals surface area contributed by atoms with Crippen LogP contribution in [-0.4, -0.2) is 50.0 Å². The lowest BCUT2D eigenvalue weighted by Crippen LogP contribution is -2.24. The highest BCUT2D eigenvalue weighted by molar-refractivity contribution is 4.53. The Labute approximate surface area is 164 Å². The number of likely N-dealkylation sites (N-methyl/N-ethyl adjacent to an activating group) is 1. The van der Waals surface area contributed by atoms with Crippen molar-refractivity contribution in [1.82, 2.24) is 4.90 Å². The fourth-order valence-electron chi connectivity index (χ4n) is 3.43. The van der Waals surface area contributed by atoms with E-state index in [0.29, 0.717) is 6.61 Å². The average Bonchev–Trinajstić information content (AvgIpc) is 2.65. The summed E-state index contributed by atoms with van der Waals surface area (Å²) in [5.41, 5.74) is 0. The zero-order chi connectivity index (χ0) is 19.1. The predicted molar refractivity (Wildman–Crippen MR) is 115 cm³/mol. The summed E-state index contributed by atoms with van der Waals surface area (Å²) >= 11 is 0. The van der Waals surface area contributed by atoms with E-state index in [1.165, 1.54) is 109 Å². The van der Waals surface area contributed by atoms with E-state index >= 15 is 0 Å². The molecular weight excluding hydrogens is 322 g/mol. The minimum absolute atomic E-state index is 0.128. The van der Waals surface area contributed by atoms with Crippen LogP contribution in [0.15, 0.2) is 0 Å². The molecule has 3 nitrogen and oxygen atoms in total. The molecule has 0 fully saturated rings. The molecule has 0 unspecified atom stereocenters. The molecule has 0 saturated carbocycles. The van der Waals surface area contributed by atoms with Crippen LogP contribution < -0.4 is 0 Å². The molecule has 0 aliphatic rings.